The average molecular weight is 510 g/mol. The number of hydrogen-bond donors (Lipinski definition) is 2. The van der Waals surface area contributed by atoms with Gasteiger partial charge in [-0.15, -0.1) is 0 Å². The summed E-state index contributed by atoms with van der Waals surface area (Å²) in [6.07, 6.45) is 4.89. The Labute approximate surface area is 213 Å². The van der Waals surface area contributed by atoms with Crippen LogP contribution in [-0.2, 0) is 7.05 Å². The van der Waals surface area contributed by atoms with Crippen molar-refractivity contribution in [1.82, 2.24) is 44.3 Å². The molecule has 7 aromatic rings. The summed E-state index contributed by atoms with van der Waals surface area (Å²) in [6.45, 7) is 1.95. The second-order valence-electron chi connectivity index (χ2n) is 8.99. The fourth-order valence-corrected chi connectivity index (χ4v) is 4.81. The minimum absolute atomic E-state index is 0.0801. The van der Waals surface area contributed by atoms with Crippen molar-refractivity contribution >= 4 is 44.9 Å². The third kappa shape index (κ3) is 3.21. The van der Waals surface area contributed by atoms with E-state index in [0.717, 1.165) is 10.9 Å². The summed E-state index contributed by atoms with van der Waals surface area (Å²) >= 11 is 0. The van der Waals surface area contributed by atoms with E-state index in [0.29, 0.717) is 44.7 Å². The lowest BCUT2D eigenvalue weighted by Gasteiger charge is -2.11. The highest BCUT2D eigenvalue weighted by Crippen LogP contribution is 2.36. The highest BCUT2D eigenvalue weighted by molar-refractivity contribution is 5.99. The smallest absolute Gasteiger partial charge is 0.292 e. The largest absolute Gasteiger partial charge is 0.424 e. The van der Waals surface area contributed by atoms with Crippen molar-refractivity contribution in [2.45, 2.75) is 13.0 Å². The molecule has 7 rings (SSSR count). The van der Waals surface area contributed by atoms with Crippen LogP contribution in [0.4, 0.5) is 16.2 Å². The molecule has 0 saturated heterocycles. The molecular formula is C25H20FN11O. The number of aryl methyl sites for hydroxylation is 1. The molecule has 13 heteroatoms. The summed E-state index contributed by atoms with van der Waals surface area (Å²) in [5.41, 5.74) is 17.1. The maximum Gasteiger partial charge on any atom is 0.292 e. The number of benzene rings is 2. The molecular weight excluding hydrogens is 489 g/mol. The van der Waals surface area contributed by atoms with Crippen LogP contribution in [0.15, 0.2) is 59.5 Å². The zero-order chi connectivity index (χ0) is 26.1. The molecule has 0 amide bonds. The summed E-state index contributed by atoms with van der Waals surface area (Å²) in [5, 5.41) is 15.4. The molecule has 0 saturated carbocycles. The highest BCUT2D eigenvalue weighted by Gasteiger charge is 2.25. The minimum Gasteiger partial charge on any atom is -0.424 e. The van der Waals surface area contributed by atoms with Crippen LogP contribution in [0.25, 0.3) is 50.0 Å². The maximum atomic E-state index is 14.3. The first-order valence-corrected chi connectivity index (χ1v) is 11.7. The van der Waals surface area contributed by atoms with Gasteiger partial charge in [0.05, 0.1) is 35.0 Å². The fourth-order valence-electron chi connectivity index (χ4n) is 4.81. The Morgan fingerprint density at radius 1 is 1.05 bits per heavy atom. The molecule has 188 valence electrons. The van der Waals surface area contributed by atoms with Crippen LogP contribution in [0, 0.1) is 5.82 Å². The van der Waals surface area contributed by atoms with Crippen molar-refractivity contribution < 1.29 is 8.81 Å². The molecule has 2 aromatic carbocycles. The van der Waals surface area contributed by atoms with Crippen molar-refractivity contribution in [1.29, 1.82) is 0 Å². The monoisotopic (exact) mass is 509 g/mol. The summed E-state index contributed by atoms with van der Waals surface area (Å²) in [5.74, 6) is -0.0750. The summed E-state index contributed by atoms with van der Waals surface area (Å²) in [6, 6.07) is 9.72. The van der Waals surface area contributed by atoms with E-state index < -0.39 is 6.04 Å². The molecule has 0 aliphatic heterocycles. The first-order valence-electron chi connectivity index (χ1n) is 11.7. The number of aromatic nitrogens is 9. The molecule has 0 radical (unpaired) electrons. The van der Waals surface area contributed by atoms with Crippen LogP contribution in [0.5, 0.6) is 0 Å². The zero-order valence-corrected chi connectivity index (χ0v) is 20.2. The third-order valence-electron chi connectivity index (χ3n) is 6.57. The molecule has 0 aliphatic carbocycles. The van der Waals surface area contributed by atoms with Gasteiger partial charge in [-0.2, -0.15) is 20.3 Å². The highest BCUT2D eigenvalue weighted by atomic mass is 19.1. The molecule has 12 nitrogen and oxygen atoms in total. The number of nitrogens with two attached hydrogens (primary N) is 2. The number of rotatable bonds is 4. The Kier molecular flexibility index (Phi) is 4.52. The summed E-state index contributed by atoms with van der Waals surface area (Å²) in [4.78, 5) is 12.9. The van der Waals surface area contributed by atoms with Gasteiger partial charge in [-0.1, -0.05) is 0 Å². The lowest BCUT2D eigenvalue weighted by molar-refractivity contribution is 0.564. The topological polar surface area (TPSA) is 157 Å². The van der Waals surface area contributed by atoms with Crippen molar-refractivity contribution in [3.63, 3.8) is 0 Å². The Morgan fingerprint density at radius 2 is 1.92 bits per heavy atom. The molecule has 5 aromatic heterocycles. The Bertz CT molecular complexity index is 2010. The molecule has 0 bridgehead atoms. The molecule has 0 aliphatic rings. The predicted octanol–water partition coefficient (Wildman–Crippen LogP) is 3.62. The zero-order valence-electron chi connectivity index (χ0n) is 20.2. The van der Waals surface area contributed by atoms with Crippen molar-refractivity contribution in [2.75, 3.05) is 11.5 Å². The standard InChI is InChI=1S/C25H20FN11O/c1-12(21-16-5-4-14(26)8-18(16)37(33-21)15-9-31-35(2)10-15)36-24-20(23(27)29-11-30-24)22(34-36)13-3-6-19-17(7-13)32-25(28)38-19/h3-12H,1-2H3,(H2,28,32)(H2,27,29,30). The summed E-state index contributed by atoms with van der Waals surface area (Å²) in [7, 11) is 1.81. The SMILES string of the molecule is CC(c1nn(-c2cnn(C)c2)c2cc(F)ccc12)n1nc(-c2ccc3oc(N)nc3c2)c2c(N)ncnc21. The molecule has 0 fully saturated rings. The number of nitrogens with zero attached hydrogens (tertiary/aromatic N) is 9. The van der Waals surface area contributed by atoms with Crippen molar-refractivity contribution in [3.05, 3.63) is 66.6 Å². The number of anilines is 2. The number of nitrogen functional groups attached to an aromatic ring is 2. The van der Waals surface area contributed by atoms with E-state index in [1.165, 1.54) is 18.5 Å². The first kappa shape index (κ1) is 21.9. The molecule has 38 heavy (non-hydrogen) atoms. The van der Waals surface area contributed by atoms with E-state index >= 15 is 0 Å². The van der Waals surface area contributed by atoms with Crippen molar-refractivity contribution in [3.8, 4) is 16.9 Å². The maximum absolute atomic E-state index is 14.3. The van der Waals surface area contributed by atoms with Crippen LogP contribution in [0.2, 0.25) is 0 Å². The molecule has 1 unspecified atom stereocenters. The van der Waals surface area contributed by atoms with Crippen molar-refractivity contribution in [2.24, 2.45) is 7.05 Å². The van der Waals surface area contributed by atoms with Gasteiger partial charge in [0.1, 0.15) is 34.9 Å². The first-order chi connectivity index (χ1) is 18.4. The van der Waals surface area contributed by atoms with Gasteiger partial charge in [-0.05, 0) is 37.3 Å². The van der Waals surface area contributed by atoms with E-state index in [2.05, 4.69) is 20.1 Å². The van der Waals surface area contributed by atoms with Crippen LogP contribution in [0.3, 0.4) is 0 Å². The van der Waals surface area contributed by atoms with Gasteiger partial charge in [0, 0.05) is 24.1 Å². The van der Waals surface area contributed by atoms with Gasteiger partial charge in [-0.3, -0.25) is 4.68 Å². The lowest BCUT2D eigenvalue weighted by atomic mass is 10.1. The van der Waals surface area contributed by atoms with Gasteiger partial charge in [0.2, 0.25) is 0 Å². The van der Waals surface area contributed by atoms with Gasteiger partial charge < -0.3 is 15.9 Å². The average Bonchev–Trinajstić information content (AvgIpc) is 3.66. The Balaban J connectivity index is 1.44. The van der Waals surface area contributed by atoms with E-state index in [1.54, 1.807) is 32.4 Å². The Morgan fingerprint density at radius 3 is 2.74 bits per heavy atom. The normalized spacial score (nSPS) is 12.7. The molecule has 4 N–H and O–H groups in total. The lowest BCUT2D eigenvalue weighted by Crippen LogP contribution is -2.11. The van der Waals surface area contributed by atoms with Crippen LogP contribution >= 0.6 is 0 Å². The third-order valence-corrected chi connectivity index (χ3v) is 6.57. The molecule has 0 spiro atoms. The quantitative estimate of drug-likeness (QED) is 0.361. The van der Waals surface area contributed by atoms with Crippen LogP contribution < -0.4 is 11.5 Å². The number of oxazole rings is 1. The van der Waals surface area contributed by atoms with E-state index in [9.17, 15) is 4.39 Å². The number of hydrogen-bond acceptors (Lipinski definition) is 9. The van der Waals surface area contributed by atoms with E-state index in [1.807, 2.05) is 32.3 Å². The van der Waals surface area contributed by atoms with Gasteiger partial charge in [0.25, 0.3) is 6.01 Å². The van der Waals surface area contributed by atoms with Crippen LogP contribution in [-0.4, -0.2) is 44.3 Å². The number of halogens is 1. The second-order valence-corrected chi connectivity index (χ2v) is 8.99. The minimum atomic E-state index is -0.405. The second kappa shape index (κ2) is 7.83. The molecule has 1 atom stereocenters. The van der Waals surface area contributed by atoms with Gasteiger partial charge in [0.15, 0.2) is 11.2 Å². The van der Waals surface area contributed by atoms with E-state index in [4.69, 9.17) is 26.1 Å². The molecule has 5 heterocycles. The summed E-state index contributed by atoms with van der Waals surface area (Å²) < 4.78 is 24.8. The van der Waals surface area contributed by atoms with E-state index in [-0.39, 0.29) is 17.6 Å². The Hall–Kier alpha value is -5.33. The van der Waals surface area contributed by atoms with Gasteiger partial charge >= 0.3 is 0 Å². The number of fused-ring (bicyclic) bond motifs is 3. The fraction of sp³-hybridized carbons (Fsp3) is 0.120. The van der Waals surface area contributed by atoms with Crippen LogP contribution in [0.1, 0.15) is 18.7 Å². The van der Waals surface area contributed by atoms with Gasteiger partial charge in [-0.25, -0.2) is 23.7 Å². The predicted molar refractivity (Wildman–Crippen MR) is 139 cm³/mol.